The van der Waals surface area contributed by atoms with Crippen molar-refractivity contribution in [3.8, 4) is 0 Å². The number of fused-ring (bicyclic) bond motifs is 1. The SMILES string of the molecule is CC1CN2CCCCC2CN1CC1(N)CCOCC1. The van der Waals surface area contributed by atoms with E-state index in [1.165, 1.54) is 38.9 Å². The second-order valence-corrected chi connectivity index (χ2v) is 6.90. The molecule has 2 unspecified atom stereocenters. The van der Waals surface area contributed by atoms with Gasteiger partial charge in [-0.15, -0.1) is 0 Å². The molecular weight excluding hydrogens is 238 g/mol. The third-order valence-electron chi connectivity index (χ3n) is 5.32. The van der Waals surface area contributed by atoms with Gasteiger partial charge in [0.1, 0.15) is 0 Å². The van der Waals surface area contributed by atoms with Crippen molar-refractivity contribution < 1.29 is 4.74 Å². The van der Waals surface area contributed by atoms with Crippen molar-refractivity contribution in [3.63, 3.8) is 0 Å². The summed E-state index contributed by atoms with van der Waals surface area (Å²) in [6, 6.07) is 1.44. The Kier molecular flexibility index (Phi) is 4.13. The summed E-state index contributed by atoms with van der Waals surface area (Å²) in [5.41, 5.74) is 6.57. The Morgan fingerprint density at radius 1 is 1.21 bits per heavy atom. The van der Waals surface area contributed by atoms with E-state index in [1.807, 2.05) is 0 Å². The van der Waals surface area contributed by atoms with Crippen LogP contribution in [0.5, 0.6) is 0 Å². The summed E-state index contributed by atoms with van der Waals surface area (Å²) in [5.74, 6) is 0. The van der Waals surface area contributed by atoms with Crippen LogP contribution in [0, 0.1) is 0 Å². The molecule has 0 aromatic rings. The molecule has 2 atom stereocenters. The average Bonchev–Trinajstić information content (AvgIpc) is 2.40. The number of hydrogen-bond acceptors (Lipinski definition) is 4. The van der Waals surface area contributed by atoms with Crippen LogP contribution in [0.25, 0.3) is 0 Å². The predicted octanol–water partition coefficient (Wildman–Crippen LogP) is 1.05. The first-order valence-corrected chi connectivity index (χ1v) is 8.01. The largest absolute Gasteiger partial charge is 0.381 e. The molecule has 3 saturated heterocycles. The fraction of sp³-hybridized carbons (Fsp3) is 1.00. The third-order valence-corrected chi connectivity index (χ3v) is 5.32. The molecule has 4 nitrogen and oxygen atoms in total. The molecule has 3 aliphatic heterocycles. The van der Waals surface area contributed by atoms with Crippen molar-refractivity contribution in [2.75, 3.05) is 39.4 Å². The molecule has 4 heteroatoms. The summed E-state index contributed by atoms with van der Waals surface area (Å²) in [5, 5.41) is 0. The van der Waals surface area contributed by atoms with Crippen molar-refractivity contribution in [2.24, 2.45) is 5.73 Å². The predicted molar refractivity (Wildman–Crippen MR) is 77.2 cm³/mol. The average molecular weight is 267 g/mol. The molecule has 0 spiro atoms. The van der Waals surface area contributed by atoms with E-state index in [9.17, 15) is 0 Å². The van der Waals surface area contributed by atoms with E-state index in [-0.39, 0.29) is 5.54 Å². The lowest BCUT2D eigenvalue weighted by molar-refractivity contribution is -0.0157. The molecule has 0 aromatic carbocycles. The lowest BCUT2D eigenvalue weighted by Gasteiger charge is -2.50. The summed E-state index contributed by atoms with van der Waals surface area (Å²) in [6.45, 7) is 8.88. The van der Waals surface area contributed by atoms with Crippen molar-refractivity contribution in [2.45, 2.75) is 56.7 Å². The number of piperidine rings is 1. The Bertz CT molecular complexity index is 304. The van der Waals surface area contributed by atoms with E-state index in [4.69, 9.17) is 10.5 Å². The molecule has 0 saturated carbocycles. The Morgan fingerprint density at radius 2 is 2.00 bits per heavy atom. The van der Waals surface area contributed by atoms with Gasteiger partial charge in [-0.1, -0.05) is 6.42 Å². The molecule has 19 heavy (non-hydrogen) atoms. The molecule has 0 amide bonds. The van der Waals surface area contributed by atoms with Gasteiger partial charge in [-0.05, 0) is 39.2 Å². The number of rotatable bonds is 2. The minimum absolute atomic E-state index is 0.0106. The van der Waals surface area contributed by atoms with Gasteiger partial charge >= 0.3 is 0 Å². The third kappa shape index (κ3) is 3.13. The van der Waals surface area contributed by atoms with E-state index in [0.29, 0.717) is 6.04 Å². The van der Waals surface area contributed by atoms with E-state index >= 15 is 0 Å². The van der Waals surface area contributed by atoms with Gasteiger partial charge in [0.15, 0.2) is 0 Å². The Morgan fingerprint density at radius 3 is 2.79 bits per heavy atom. The zero-order chi connectivity index (χ0) is 13.3. The van der Waals surface area contributed by atoms with Gasteiger partial charge in [0.05, 0.1) is 0 Å². The van der Waals surface area contributed by atoms with Gasteiger partial charge in [0, 0.05) is 50.5 Å². The Labute approximate surface area is 117 Å². The summed E-state index contributed by atoms with van der Waals surface area (Å²) in [4.78, 5) is 5.36. The summed E-state index contributed by atoms with van der Waals surface area (Å²) < 4.78 is 5.46. The minimum Gasteiger partial charge on any atom is -0.381 e. The number of nitrogens with two attached hydrogens (primary N) is 1. The Hall–Kier alpha value is -0.160. The molecule has 110 valence electrons. The monoisotopic (exact) mass is 267 g/mol. The molecular formula is C15H29N3O. The maximum Gasteiger partial charge on any atom is 0.0484 e. The number of piperazine rings is 1. The van der Waals surface area contributed by atoms with Crippen LogP contribution >= 0.6 is 0 Å². The molecule has 3 aliphatic rings. The highest BCUT2D eigenvalue weighted by atomic mass is 16.5. The zero-order valence-corrected chi connectivity index (χ0v) is 12.3. The van der Waals surface area contributed by atoms with Gasteiger partial charge in [0.25, 0.3) is 0 Å². The highest BCUT2D eigenvalue weighted by Gasteiger charge is 2.37. The van der Waals surface area contributed by atoms with Crippen molar-refractivity contribution >= 4 is 0 Å². The van der Waals surface area contributed by atoms with E-state index in [0.717, 1.165) is 38.6 Å². The maximum atomic E-state index is 6.58. The van der Waals surface area contributed by atoms with Crippen LogP contribution < -0.4 is 5.73 Å². The number of nitrogens with zero attached hydrogens (tertiary/aromatic N) is 2. The fourth-order valence-electron chi connectivity index (χ4n) is 3.97. The molecule has 0 aliphatic carbocycles. The highest BCUT2D eigenvalue weighted by molar-refractivity contribution is 4.95. The van der Waals surface area contributed by atoms with Crippen LogP contribution in [-0.4, -0.2) is 66.8 Å². The zero-order valence-electron chi connectivity index (χ0n) is 12.3. The standard InChI is InChI=1S/C15H29N3O/c1-13-10-17-7-3-2-4-14(17)11-18(13)12-15(16)5-8-19-9-6-15/h13-14H,2-12,16H2,1H3. The number of hydrogen-bond donors (Lipinski definition) is 1. The second-order valence-electron chi connectivity index (χ2n) is 6.90. The number of ether oxygens (including phenoxy) is 1. The van der Waals surface area contributed by atoms with Crippen LogP contribution in [-0.2, 0) is 4.74 Å². The van der Waals surface area contributed by atoms with E-state index in [2.05, 4.69) is 16.7 Å². The summed E-state index contributed by atoms with van der Waals surface area (Å²) in [7, 11) is 0. The van der Waals surface area contributed by atoms with Crippen molar-refractivity contribution in [1.29, 1.82) is 0 Å². The molecule has 3 heterocycles. The first-order chi connectivity index (χ1) is 9.16. The Balaban J connectivity index is 1.60. The molecule has 0 aromatic heterocycles. The van der Waals surface area contributed by atoms with Gasteiger partial charge in [-0.2, -0.15) is 0 Å². The van der Waals surface area contributed by atoms with Crippen LogP contribution in [0.3, 0.4) is 0 Å². The van der Waals surface area contributed by atoms with Crippen molar-refractivity contribution in [1.82, 2.24) is 9.80 Å². The van der Waals surface area contributed by atoms with Crippen LogP contribution in [0.4, 0.5) is 0 Å². The van der Waals surface area contributed by atoms with Gasteiger partial charge in [-0.25, -0.2) is 0 Å². The van der Waals surface area contributed by atoms with Gasteiger partial charge in [-0.3, -0.25) is 9.80 Å². The lowest BCUT2D eigenvalue weighted by atomic mass is 9.88. The molecule has 0 radical (unpaired) electrons. The minimum atomic E-state index is -0.0106. The second kappa shape index (κ2) is 5.68. The molecule has 3 rings (SSSR count). The summed E-state index contributed by atoms with van der Waals surface area (Å²) >= 11 is 0. The normalized spacial score (nSPS) is 36.9. The quantitative estimate of drug-likeness (QED) is 0.812. The topological polar surface area (TPSA) is 41.7 Å². The van der Waals surface area contributed by atoms with Crippen LogP contribution in [0.1, 0.15) is 39.0 Å². The smallest absolute Gasteiger partial charge is 0.0484 e. The molecule has 3 fully saturated rings. The fourth-order valence-corrected chi connectivity index (χ4v) is 3.97. The van der Waals surface area contributed by atoms with Crippen molar-refractivity contribution in [3.05, 3.63) is 0 Å². The van der Waals surface area contributed by atoms with Crippen LogP contribution in [0.2, 0.25) is 0 Å². The van der Waals surface area contributed by atoms with Gasteiger partial charge in [0.2, 0.25) is 0 Å². The van der Waals surface area contributed by atoms with E-state index in [1.54, 1.807) is 0 Å². The van der Waals surface area contributed by atoms with E-state index < -0.39 is 0 Å². The first-order valence-electron chi connectivity index (χ1n) is 8.01. The highest BCUT2D eigenvalue weighted by Crippen LogP contribution is 2.27. The first kappa shape index (κ1) is 13.8. The maximum absolute atomic E-state index is 6.58. The van der Waals surface area contributed by atoms with Crippen LogP contribution in [0.15, 0.2) is 0 Å². The molecule has 0 bridgehead atoms. The van der Waals surface area contributed by atoms with Gasteiger partial charge < -0.3 is 10.5 Å². The summed E-state index contributed by atoms with van der Waals surface area (Å²) in [6.07, 6.45) is 6.21. The molecule has 2 N–H and O–H groups in total. The lowest BCUT2D eigenvalue weighted by Crippen LogP contribution is -2.63.